The van der Waals surface area contributed by atoms with Gasteiger partial charge in [-0.25, -0.2) is 13.4 Å². The van der Waals surface area contributed by atoms with Crippen LogP contribution in [0.25, 0.3) is 0 Å². The minimum absolute atomic E-state index is 0. The molecular weight excluding hydrogens is 463 g/mol. The monoisotopic (exact) mass is 492 g/mol. The fraction of sp³-hybridized carbons (Fsp3) is 0.611. The third kappa shape index (κ3) is 5.32. The Morgan fingerprint density at radius 3 is 2.46 bits per heavy atom. The molecule has 0 bridgehead atoms. The minimum Gasteiger partial charge on any atom is -0.370 e. The summed E-state index contributed by atoms with van der Waals surface area (Å²) in [6.45, 7) is 1.48. The molecule has 1 aromatic rings. The summed E-state index contributed by atoms with van der Waals surface area (Å²) in [6, 6.07) is 7.51. The summed E-state index contributed by atoms with van der Waals surface area (Å²) in [6.07, 6.45) is 7.65. The number of halogens is 1. The van der Waals surface area contributed by atoms with Gasteiger partial charge >= 0.3 is 0 Å². The Hall–Kier alpha value is -0.870. The van der Waals surface area contributed by atoms with Crippen LogP contribution in [0.2, 0.25) is 0 Å². The summed E-state index contributed by atoms with van der Waals surface area (Å²) in [5.41, 5.74) is 6.68. The van der Waals surface area contributed by atoms with Gasteiger partial charge in [-0.3, -0.25) is 0 Å². The highest BCUT2D eigenvalue weighted by Gasteiger charge is 2.27. The van der Waals surface area contributed by atoms with Gasteiger partial charge in [0.1, 0.15) is 0 Å². The highest BCUT2D eigenvalue weighted by molar-refractivity contribution is 14.0. The molecule has 1 heterocycles. The Morgan fingerprint density at radius 1 is 1.12 bits per heavy atom. The lowest BCUT2D eigenvalue weighted by atomic mass is 10.2. The van der Waals surface area contributed by atoms with Gasteiger partial charge in [0.2, 0.25) is 10.0 Å². The van der Waals surface area contributed by atoms with Crippen LogP contribution in [0.5, 0.6) is 0 Å². The molecule has 3 N–H and O–H groups in total. The van der Waals surface area contributed by atoms with Gasteiger partial charge in [-0.05, 0) is 37.3 Å². The molecule has 2 aliphatic rings. The largest absolute Gasteiger partial charge is 0.370 e. The Kier molecular flexibility index (Phi) is 8.15. The molecule has 1 saturated heterocycles. The molecule has 6 nitrogen and oxygen atoms in total. The minimum atomic E-state index is -3.46. The van der Waals surface area contributed by atoms with Crippen molar-refractivity contribution in [2.24, 2.45) is 10.7 Å². The van der Waals surface area contributed by atoms with Crippen LogP contribution >= 0.6 is 24.0 Å². The first-order valence-electron chi connectivity index (χ1n) is 9.22. The van der Waals surface area contributed by atoms with E-state index in [1.54, 1.807) is 16.4 Å². The fourth-order valence-electron chi connectivity index (χ4n) is 3.63. The van der Waals surface area contributed by atoms with Crippen molar-refractivity contribution >= 4 is 40.0 Å². The van der Waals surface area contributed by atoms with Gasteiger partial charge in [0.15, 0.2) is 5.96 Å². The molecule has 1 aromatic carbocycles. The first kappa shape index (κ1) is 21.4. The summed E-state index contributed by atoms with van der Waals surface area (Å²) in [7, 11) is -3.46. The number of nitrogens with one attached hydrogen (secondary N) is 1. The molecule has 3 rings (SSSR count). The number of sulfonamides is 1. The van der Waals surface area contributed by atoms with Crippen molar-refractivity contribution in [2.75, 3.05) is 13.1 Å². The van der Waals surface area contributed by atoms with Crippen LogP contribution in [0.3, 0.4) is 0 Å². The standard InChI is InChI=1S/C18H28N4O2S.HI/c19-18(21-16-9-3-4-10-16)20-14-15-8-2-5-11-17(15)25(23,24)22-12-6-1-7-13-22;/h2,5,8,11,16H,1,3-4,6-7,9-10,12-14H2,(H3,19,20,21);1H. The molecule has 0 aromatic heterocycles. The number of benzene rings is 1. The van der Waals surface area contributed by atoms with Gasteiger partial charge in [-0.15, -0.1) is 24.0 Å². The van der Waals surface area contributed by atoms with Crippen LogP contribution in [-0.2, 0) is 16.6 Å². The number of rotatable bonds is 5. The Labute approximate surface area is 173 Å². The van der Waals surface area contributed by atoms with Gasteiger partial charge in [-0.1, -0.05) is 37.5 Å². The summed E-state index contributed by atoms with van der Waals surface area (Å²) in [5.74, 6) is 0.400. The molecule has 0 radical (unpaired) electrons. The lowest BCUT2D eigenvalue weighted by molar-refractivity contribution is 0.346. The summed E-state index contributed by atoms with van der Waals surface area (Å²) < 4.78 is 27.5. The normalized spacial score (nSPS) is 19.9. The maximum Gasteiger partial charge on any atom is 0.243 e. The number of nitrogens with two attached hydrogens (primary N) is 1. The third-order valence-corrected chi connectivity index (χ3v) is 7.03. The summed E-state index contributed by atoms with van der Waals surface area (Å²) in [5, 5.41) is 3.24. The van der Waals surface area contributed by atoms with E-state index >= 15 is 0 Å². The molecule has 0 spiro atoms. The van der Waals surface area contributed by atoms with Crippen LogP contribution in [0.15, 0.2) is 34.2 Å². The van der Waals surface area contributed by atoms with E-state index in [1.807, 2.05) is 12.1 Å². The van der Waals surface area contributed by atoms with Gasteiger partial charge in [0.25, 0.3) is 0 Å². The van der Waals surface area contributed by atoms with Crippen LogP contribution in [0.4, 0.5) is 0 Å². The Balaban J connectivity index is 0.00000243. The number of nitrogens with zero attached hydrogens (tertiary/aromatic N) is 2. The second-order valence-corrected chi connectivity index (χ2v) is 8.81. The average Bonchev–Trinajstić information content (AvgIpc) is 3.14. The molecule has 1 aliphatic heterocycles. The Bertz CT molecular complexity index is 712. The molecule has 8 heteroatoms. The van der Waals surface area contributed by atoms with Crippen molar-refractivity contribution < 1.29 is 8.42 Å². The molecule has 2 fully saturated rings. The predicted molar refractivity (Wildman–Crippen MR) is 115 cm³/mol. The third-order valence-electron chi connectivity index (χ3n) is 5.03. The second kappa shape index (κ2) is 9.89. The lowest BCUT2D eigenvalue weighted by Crippen LogP contribution is -2.38. The number of guanidine groups is 1. The second-order valence-electron chi connectivity index (χ2n) is 6.90. The molecule has 1 aliphatic carbocycles. The summed E-state index contributed by atoms with van der Waals surface area (Å²) in [4.78, 5) is 4.73. The van der Waals surface area contributed by atoms with Crippen LogP contribution in [0, 0.1) is 0 Å². The van der Waals surface area contributed by atoms with E-state index in [0.29, 0.717) is 35.5 Å². The van der Waals surface area contributed by atoms with Crippen molar-refractivity contribution in [3.05, 3.63) is 29.8 Å². The molecular formula is C18H29IN4O2S. The maximum absolute atomic E-state index is 13.0. The average molecular weight is 492 g/mol. The first-order valence-corrected chi connectivity index (χ1v) is 10.7. The van der Waals surface area contributed by atoms with E-state index in [-0.39, 0.29) is 30.5 Å². The lowest BCUT2D eigenvalue weighted by Gasteiger charge is -2.26. The first-order chi connectivity index (χ1) is 12.1. The number of hydrogen-bond donors (Lipinski definition) is 2. The Morgan fingerprint density at radius 2 is 1.77 bits per heavy atom. The number of hydrogen-bond acceptors (Lipinski definition) is 3. The van der Waals surface area contributed by atoms with Crippen molar-refractivity contribution in [3.8, 4) is 0 Å². The van der Waals surface area contributed by atoms with Gasteiger partial charge < -0.3 is 11.1 Å². The highest BCUT2D eigenvalue weighted by atomic mass is 127. The molecule has 26 heavy (non-hydrogen) atoms. The van der Waals surface area contributed by atoms with Crippen molar-refractivity contribution in [2.45, 2.75) is 62.4 Å². The SMILES string of the molecule is I.NC(=NCc1ccccc1S(=O)(=O)N1CCCCC1)NC1CCCC1. The zero-order chi connectivity index (χ0) is 17.7. The fourth-order valence-corrected chi connectivity index (χ4v) is 5.36. The topological polar surface area (TPSA) is 87.8 Å². The van der Waals surface area contributed by atoms with Crippen LogP contribution in [0.1, 0.15) is 50.5 Å². The van der Waals surface area contributed by atoms with Gasteiger partial charge in [-0.2, -0.15) is 4.31 Å². The molecule has 0 unspecified atom stereocenters. The van der Waals surface area contributed by atoms with Crippen molar-refractivity contribution in [3.63, 3.8) is 0 Å². The van der Waals surface area contributed by atoms with Crippen molar-refractivity contribution in [1.82, 2.24) is 9.62 Å². The van der Waals surface area contributed by atoms with Crippen molar-refractivity contribution in [1.29, 1.82) is 0 Å². The van der Waals surface area contributed by atoms with E-state index in [4.69, 9.17) is 5.73 Å². The van der Waals surface area contributed by atoms with E-state index in [9.17, 15) is 8.42 Å². The predicted octanol–water partition coefficient (Wildman–Crippen LogP) is 2.83. The molecule has 0 amide bonds. The van der Waals surface area contributed by atoms with E-state index in [2.05, 4.69) is 10.3 Å². The van der Waals surface area contributed by atoms with E-state index in [1.165, 1.54) is 12.8 Å². The van der Waals surface area contributed by atoms with Crippen LogP contribution in [-0.4, -0.2) is 37.8 Å². The smallest absolute Gasteiger partial charge is 0.243 e. The summed E-state index contributed by atoms with van der Waals surface area (Å²) >= 11 is 0. The molecule has 1 saturated carbocycles. The van der Waals surface area contributed by atoms with Crippen LogP contribution < -0.4 is 11.1 Å². The molecule has 0 atom stereocenters. The van der Waals surface area contributed by atoms with E-state index in [0.717, 1.165) is 32.1 Å². The van der Waals surface area contributed by atoms with Gasteiger partial charge in [0, 0.05) is 19.1 Å². The zero-order valence-corrected chi connectivity index (χ0v) is 18.2. The molecule has 146 valence electrons. The van der Waals surface area contributed by atoms with E-state index < -0.39 is 10.0 Å². The maximum atomic E-state index is 13.0. The number of piperidine rings is 1. The van der Waals surface area contributed by atoms with Gasteiger partial charge in [0.05, 0.1) is 11.4 Å². The quantitative estimate of drug-likeness (QED) is 0.376. The highest BCUT2D eigenvalue weighted by Crippen LogP contribution is 2.24. The number of aliphatic imine (C=N–C) groups is 1. The zero-order valence-electron chi connectivity index (χ0n) is 15.1.